The molecule has 3 unspecified atom stereocenters. The lowest BCUT2D eigenvalue weighted by molar-refractivity contribution is 0.324. The molecule has 1 aliphatic rings. The molecule has 1 aromatic rings. The van der Waals surface area contributed by atoms with Gasteiger partial charge in [0.1, 0.15) is 5.76 Å². The van der Waals surface area contributed by atoms with Crippen molar-refractivity contribution in [3.8, 4) is 0 Å². The van der Waals surface area contributed by atoms with Crippen molar-refractivity contribution >= 4 is 0 Å². The summed E-state index contributed by atoms with van der Waals surface area (Å²) in [6, 6.07) is 3.31. The van der Waals surface area contributed by atoms with E-state index in [1.807, 2.05) is 6.26 Å². The quantitative estimate of drug-likeness (QED) is 0.805. The first kappa shape index (κ1) is 13.7. The van der Waals surface area contributed by atoms with Crippen LogP contribution in [0.4, 0.5) is 0 Å². The molecule has 0 radical (unpaired) electrons. The topological polar surface area (TPSA) is 25.2 Å². The molecule has 1 heterocycles. The molecule has 0 bridgehead atoms. The van der Waals surface area contributed by atoms with Crippen molar-refractivity contribution in [2.45, 2.75) is 71.4 Å². The van der Waals surface area contributed by atoms with E-state index in [0.717, 1.165) is 12.3 Å². The Balaban J connectivity index is 1.97. The Morgan fingerprint density at radius 1 is 1.39 bits per heavy atom. The van der Waals surface area contributed by atoms with E-state index >= 15 is 0 Å². The van der Waals surface area contributed by atoms with Crippen LogP contribution in [0.2, 0.25) is 0 Å². The van der Waals surface area contributed by atoms with Crippen LogP contribution in [0.3, 0.4) is 0 Å². The molecular weight excluding hydrogens is 222 g/mol. The summed E-state index contributed by atoms with van der Waals surface area (Å²) in [5.74, 6) is 2.02. The standard InChI is InChI=1S/C16H27NO/c1-4-12(3)11-13(5-2)17-15-7-6-8-16-14(15)9-10-18-16/h9-10,12-13,15,17H,4-8,11H2,1-3H3. The van der Waals surface area contributed by atoms with Gasteiger partial charge in [0.05, 0.1) is 6.26 Å². The number of rotatable bonds is 6. The molecule has 1 aliphatic carbocycles. The van der Waals surface area contributed by atoms with E-state index in [2.05, 4.69) is 32.2 Å². The first-order valence-corrected chi connectivity index (χ1v) is 7.56. The van der Waals surface area contributed by atoms with Gasteiger partial charge in [0.15, 0.2) is 0 Å². The average Bonchev–Trinajstić information content (AvgIpc) is 2.87. The van der Waals surface area contributed by atoms with Gasteiger partial charge in [-0.2, -0.15) is 0 Å². The lowest BCUT2D eigenvalue weighted by Gasteiger charge is -2.29. The zero-order valence-corrected chi connectivity index (χ0v) is 12.0. The Kier molecular flexibility index (Phi) is 4.87. The first-order valence-electron chi connectivity index (χ1n) is 7.56. The summed E-state index contributed by atoms with van der Waals surface area (Å²) in [4.78, 5) is 0. The summed E-state index contributed by atoms with van der Waals surface area (Å²) in [5, 5.41) is 3.85. The molecule has 2 rings (SSSR count). The fourth-order valence-corrected chi connectivity index (χ4v) is 2.95. The predicted octanol–water partition coefficient (Wildman–Crippen LogP) is 4.46. The third kappa shape index (κ3) is 3.17. The molecule has 3 atom stereocenters. The molecular formula is C16H27NO. The van der Waals surface area contributed by atoms with Crippen LogP contribution in [0, 0.1) is 5.92 Å². The molecule has 2 heteroatoms. The third-order valence-corrected chi connectivity index (χ3v) is 4.37. The van der Waals surface area contributed by atoms with Crippen LogP contribution in [0.15, 0.2) is 16.7 Å². The number of hydrogen-bond acceptors (Lipinski definition) is 2. The summed E-state index contributed by atoms with van der Waals surface area (Å²) >= 11 is 0. The molecule has 1 aromatic heterocycles. The number of furan rings is 1. The number of nitrogens with one attached hydrogen (secondary N) is 1. The Labute approximate surface area is 111 Å². The highest BCUT2D eigenvalue weighted by molar-refractivity contribution is 5.24. The minimum atomic E-state index is 0.515. The maximum Gasteiger partial charge on any atom is 0.108 e. The van der Waals surface area contributed by atoms with Gasteiger partial charge in [-0.05, 0) is 37.7 Å². The van der Waals surface area contributed by atoms with E-state index in [9.17, 15) is 0 Å². The van der Waals surface area contributed by atoms with Crippen molar-refractivity contribution in [2.24, 2.45) is 5.92 Å². The van der Waals surface area contributed by atoms with Crippen molar-refractivity contribution in [2.75, 3.05) is 0 Å². The molecule has 102 valence electrons. The van der Waals surface area contributed by atoms with E-state index in [0.29, 0.717) is 12.1 Å². The summed E-state index contributed by atoms with van der Waals surface area (Å²) in [6.45, 7) is 6.93. The smallest absolute Gasteiger partial charge is 0.108 e. The second kappa shape index (κ2) is 6.42. The van der Waals surface area contributed by atoms with Crippen molar-refractivity contribution in [1.29, 1.82) is 0 Å². The summed E-state index contributed by atoms with van der Waals surface area (Å²) in [5.41, 5.74) is 1.41. The van der Waals surface area contributed by atoms with Crippen LogP contribution in [0.25, 0.3) is 0 Å². The third-order valence-electron chi connectivity index (χ3n) is 4.37. The maximum atomic E-state index is 5.56. The molecule has 18 heavy (non-hydrogen) atoms. The van der Waals surface area contributed by atoms with E-state index in [1.54, 1.807) is 0 Å². The number of hydrogen-bond donors (Lipinski definition) is 1. The highest BCUT2D eigenvalue weighted by Crippen LogP contribution is 2.31. The van der Waals surface area contributed by atoms with Gasteiger partial charge in [-0.25, -0.2) is 0 Å². The molecule has 0 saturated heterocycles. The van der Waals surface area contributed by atoms with Crippen LogP contribution in [0.1, 0.15) is 70.2 Å². The maximum absolute atomic E-state index is 5.56. The van der Waals surface area contributed by atoms with Crippen molar-refractivity contribution in [1.82, 2.24) is 5.32 Å². The Bertz CT molecular complexity index is 358. The molecule has 0 spiro atoms. The van der Waals surface area contributed by atoms with E-state index in [1.165, 1.54) is 43.4 Å². The van der Waals surface area contributed by atoms with Crippen molar-refractivity contribution in [3.63, 3.8) is 0 Å². The van der Waals surface area contributed by atoms with Gasteiger partial charge in [0.25, 0.3) is 0 Å². The lowest BCUT2D eigenvalue weighted by atomic mass is 9.91. The zero-order valence-electron chi connectivity index (χ0n) is 12.0. The monoisotopic (exact) mass is 249 g/mol. The van der Waals surface area contributed by atoms with Gasteiger partial charge in [-0.1, -0.05) is 27.2 Å². The summed E-state index contributed by atoms with van der Waals surface area (Å²) in [7, 11) is 0. The second-order valence-electron chi connectivity index (χ2n) is 5.76. The van der Waals surface area contributed by atoms with Crippen LogP contribution in [0.5, 0.6) is 0 Å². The Hall–Kier alpha value is -0.760. The van der Waals surface area contributed by atoms with Crippen LogP contribution >= 0.6 is 0 Å². The number of fused-ring (bicyclic) bond motifs is 1. The summed E-state index contributed by atoms with van der Waals surface area (Å²) in [6.07, 6.45) is 9.24. The fraction of sp³-hybridized carbons (Fsp3) is 0.750. The molecule has 2 nitrogen and oxygen atoms in total. The van der Waals surface area contributed by atoms with Crippen LogP contribution in [-0.2, 0) is 6.42 Å². The average molecular weight is 249 g/mol. The number of aryl methyl sites for hydroxylation is 1. The highest BCUT2D eigenvalue weighted by atomic mass is 16.3. The Morgan fingerprint density at radius 3 is 2.94 bits per heavy atom. The van der Waals surface area contributed by atoms with Gasteiger partial charge in [0, 0.05) is 24.1 Å². The van der Waals surface area contributed by atoms with Crippen LogP contribution in [-0.4, -0.2) is 6.04 Å². The SMILES string of the molecule is CCC(C)CC(CC)NC1CCCc2occc21. The van der Waals surface area contributed by atoms with Gasteiger partial charge in [-0.15, -0.1) is 0 Å². The summed E-state index contributed by atoms with van der Waals surface area (Å²) < 4.78 is 5.56. The highest BCUT2D eigenvalue weighted by Gasteiger charge is 2.24. The second-order valence-corrected chi connectivity index (χ2v) is 5.76. The predicted molar refractivity (Wildman–Crippen MR) is 75.7 cm³/mol. The largest absolute Gasteiger partial charge is 0.469 e. The minimum Gasteiger partial charge on any atom is -0.469 e. The van der Waals surface area contributed by atoms with E-state index in [4.69, 9.17) is 4.42 Å². The fourth-order valence-electron chi connectivity index (χ4n) is 2.95. The molecule has 0 amide bonds. The van der Waals surface area contributed by atoms with Gasteiger partial charge >= 0.3 is 0 Å². The van der Waals surface area contributed by atoms with Crippen molar-refractivity contribution < 1.29 is 4.42 Å². The van der Waals surface area contributed by atoms with Crippen molar-refractivity contribution in [3.05, 3.63) is 23.7 Å². The van der Waals surface area contributed by atoms with E-state index in [-0.39, 0.29) is 0 Å². The van der Waals surface area contributed by atoms with E-state index < -0.39 is 0 Å². The molecule has 0 saturated carbocycles. The zero-order chi connectivity index (χ0) is 13.0. The van der Waals surface area contributed by atoms with Crippen LogP contribution < -0.4 is 5.32 Å². The molecule has 0 fully saturated rings. The van der Waals surface area contributed by atoms with Gasteiger partial charge in [0.2, 0.25) is 0 Å². The minimum absolute atomic E-state index is 0.515. The first-order chi connectivity index (χ1) is 8.74. The molecule has 0 aliphatic heterocycles. The van der Waals surface area contributed by atoms with Gasteiger partial charge < -0.3 is 9.73 Å². The normalized spacial score (nSPS) is 22.5. The van der Waals surface area contributed by atoms with Gasteiger partial charge in [-0.3, -0.25) is 0 Å². The lowest BCUT2D eigenvalue weighted by Crippen LogP contribution is -2.35. The molecule has 1 N–H and O–H groups in total. The Morgan fingerprint density at radius 2 is 2.22 bits per heavy atom. The molecule has 0 aromatic carbocycles.